The maximum atomic E-state index is 14.6. The first-order valence-electron chi connectivity index (χ1n) is 8.22. The zero-order valence-corrected chi connectivity index (χ0v) is 14.5. The number of nitrogens with zero attached hydrogens (tertiary/aromatic N) is 2. The summed E-state index contributed by atoms with van der Waals surface area (Å²) in [7, 11) is 0. The fourth-order valence-electron chi connectivity index (χ4n) is 2.67. The Bertz CT molecular complexity index is 758. The van der Waals surface area contributed by atoms with Crippen LogP contribution in [0.5, 0.6) is 5.88 Å². The van der Waals surface area contributed by atoms with Crippen molar-refractivity contribution >= 4 is 10.9 Å². The first kappa shape index (κ1) is 17.0. The molecule has 0 aliphatic carbocycles. The fraction of sp³-hybridized carbons (Fsp3) is 0.556. The zero-order chi connectivity index (χ0) is 17.5. The number of aliphatic hydroxyl groups excluding tert-OH is 1. The Balaban J connectivity index is 2.15. The van der Waals surface area contributed by atoms with E-state index in [0.29, 0.717) is 23.5 Å². The van der Waals surface area contributed by atoms with E-state index in [4.69, 9.17) is 9.47 Å². The molecule has 1 saturated heterocycles. The second-order valence-electron chi connectivity index (χ2n) is 7.16. The minimum Gasteiger partial charge on any atom is -0.468 e. The van der Waals surface area contributed by atoms with Gasteiger partial charge in [-0.15, -0.1) is 0 Å². The van der Waals surface area contributed by atoms with E-state index in [1.807, 2.05) is 33.8 Å². The molecule has 2 heterocycles. The molecule has 1 aliphatic rings. The summed E-state index contributed by atoms with van der Waals surface area (Å²) in [5, 5.41) is 10.4. The summed E-state index contributed by atoms with van der Waals surface area (Å²) in [6.07, 6.45) is -0.652. The van der Waals surface area contributed by atoms with E-state index in [1.54, 1.807) is 0 Å². The SMILES string of the molecule is CCc1nc(O[C@@H]2COC[C@H]2O)c2cc(C(C)(C)C)cc(F)c2n1. The summed E-state index contributed by atoms with van der Waals surface area (Å²) < 4.78 is 25.7. The second kappa shape index (κ2) is 6.26. The Morgan fingerprint density at radius 1 is 1.29 bits per heavy atom. The third-order valence-corrected chi connectivity index (χ3v) is 4.21. The lowest BCUT2D eigenvalue weighted by molar-refractivity contribution is 0.0712. The number of aliphatic hydroxyl groups is 1. The topological polar surface area (TPSA) is 64.5 Å². The van der Waals surface area contributed by atoms with Crippen molar-refractivity contribution < 1.29 is 19.0 Å². The van der Waals surface area contributed by atoms with Gasteiger partial charge in [-0.05, 0) is 23.1 Å². The highest BCUT2D eigenvalue weighted by Crippen LogP contribution is 2.32. The van der Waals surface area contributed by atoms with E-state index in [0.717, 1.165) is 5.56 Å². The molecule has 24 heavy (non-hydrogen) atoms. The lowest BCUT2D eigenvalue weighted by atomic mass is 9.86. The van der Waals surface area contributed by atoms with Crippen LogP contribution in [-0.2, 0) is 16.6 Å². The number of aryl methyl sites for hydroxylation is 1. The van der Waals surface area contributed by atoms with Crippen molar-refractivity contribution in [3.63, 3.8) is 0 Å². The number of ether oxygens (including phenoxy) is 2. The van der Waals surface area contributed by atoms with Gasteiger partial charge in [-0.1, -0.05) is 27.7 Å². The maximum Gasteiger partial charge on any atom is 0.225 e. The van der Waals surface area contributed by atoms with Crippen molar-refractivity contribution in [1.82, 2.24) is 9.97 Å². The van der Waals surface area contributed by atoms with Crippen molar-refractivity contribution in [2.75, 3.05) is 13.2 Å². The molecule has 5 nitrogen and oxygen atoms in total. The fourth-order valence-corrected chi connectivity index (χ4v) is 2.67. The predicted molar refractivity (Wildman–Crippen MR) is 88.8 cm³/mol. The molecule has 0 bridgehead atoms. The van der Waals surface area contributed by atoms with Crippen LogP contribution in [0.25, 0.3) is 10.9 Å². The average Bonchev–Trinajstić information content (AvgIpc) is 2.91. The largest absolute Gasteiger partial charge is 0.468 e. The van der Waals surface area contributed by atoms with Crippen LogP contribution in [0.1, 0.15) is 39.1 Å². The quantitative estimate of drug-likeness (QED) is 0.935. The van der Waals surface area contributed by atoms with Crippen LogP contribution < -0.4 is 4.74 Å². The van der Waals surface area contributed by atoms with E-state index < -0.39 is 12.2 Å². The van der Waals surface area contributed by atoms with E-state index in [1.165, 1.54) is 6.07 Å². The first-order chi connectivity index (χ1) is 11.3. The Morgan fingerprint density at radius 3 is 2.62 bits per heavy atom. The highest BCUT2D eigenvalue weighted by Gasteiger charge is 2.30. The second-order valence-corrected chi connectivity index (χ2v) is 7.16. The lowest BCUT2D eigenvalue weighted by Crippen LogP contribution is -2.30. The van der Waals surface area contributed by atoms with Gasteiger partial charge in [0.15, 0.2) is 6.10 Å². The van der Waals surface area contributed by atoms with Gasteiger partial charge in [0.25, 0.3) is 0 Å². The van der Waals surface area contributed by atoms with Gasteiger partial charge in [-0.2, -0.15) is 4.98 Å². The molecule has 2 atom stereocenters. The van der Waals surface area contributed by atoms with Gasteiger partial charge in [-0.25, -0.2) is 9.37 Å². The molecular weight excluding hydrogens is 311 g/mol. The smallest absolute Gasteiger partial charge is 0.225 e. The van der Waals surface area contributed by atoms with Crippen molar-refractivity contribution in [2.45, 2.75) is 51.7 Å². The molecule has 0 unspecified atom stereocenters. The predicted octanol–water partition coefficient (Wildman–Crippen LogP) is 2.77. The van der Waals surface area contributed by atoms with E-state index in [-0.39, 0.29) is 30.0 Å². The standard InChI is InChI=1S/C18H23FN2O3/c1-5-15-20-16-11(6-10(7-12(16)19)18(2,3)4)17(21-15)24-14-9-23-8-13(14)22/h6-7,13-14,22H,5,8-9H2,1-4H3/t13-,14-/m1/s1. The van der Waals surface area contributed by atoms with Crippen molar-refractivity contribution in [3.8, 4) is 5.88 Å². The molecule has 3 rings (SSSR count). The Morgan fingerprint density at radius 2 is 2.04 bits per heavy atom. The van der Waals surface area contributed by atoms with Crippen LogP contribution in [0.3, 0.4) is 0 Å². The molecule has 130 valence electrons. The van der Waals surface area contributed by atoms with E-state index >= 15 is 0 Å². The molecule has 0 amide bonds. The number of hydrogen-bond acceptors (Lipinski definition) is 5. The summed E-state index contributed by atoms with van der Waals surface area (Å²) in [6, 6.07) is 3.39. The number of hydrogen-bond donors (Lipinski definition) is 1. The highest BCUT2D eigenvalue weighted by atomic mass is 19.1. The van der Waals surface area contributed by atoms with Gasteiger partial charge in [0.1, 0.15) is 23.3 Å². The molecule has 0 spiro atoms. The molecular formula is C18H23FN2O3. The Labute approximate surface area is 140 Å². The molecule has 6 heteroatoms. The molecule has 1 aromatic carbocycles. The monoisotopic (exact) mass is 334 g/mol. The number of rotatable bonds is 3. The van der Waals surface area contributed by atoms with Crippen LogP contribution in [-0.4, -0.2) is 40.5 Å². The van der Waals surface area contributed by atoms with Gasteiger partial charge in [0.2, 0.25) is 5.88 Å². The maximum absolute atomic E-state index is 14.6. The van der Waals surface area contributed by atoms with Crippen LogP contribution in [0.15, 0.2) is 12.1 Å². The summed E-state index contributed by atoms with van der Waals surface area (Å²) in [5.74, 6) is 0.423. The third-order valence-electron chi connectivity index (χ3n) is 4.21. The normalized spacial score (nSPS) is 21.4. The molecule has 1 fully saturated rings. The molecule has 1 aromatic heterocycles. The van der Waals surface area contributed by atoms with Crippen molar-refractivity contribution in [3.05, 3.63) is 29.3 Å². The van der Waals surface area contributed by atoms with Crippen molar-refractivity contribution in [2.24, 2.45) is 0 Å². The van der Waals surface area contributed by atoms with E-state index in [2.05, 4.69) is 9.97 Å². The molecule has 0 saturated carbocycles. The number of aromatic nitrogens is 2. The number of benzene rings is 1. The number of halogens is 1. The highest BCUT2D eigenvalue weighted by molar-refractivity contribution is 5.85. The first-order valence-corrected chi connectivity index (χ1v) is 8.22. The Kier molecular flexibility index (Phi) is 4.44. The van der Waals surface area contributed by atoms with Gasteiger partial charge in [-0.3, -0.25) is 0 Å². The minimum absolute atomic E-state index is 0.217. The summed E-state index contributed by atoms with van der Waals surface area (Å²) in [5.41, 5.74) is 0.873. The molecule has 1 aliphatic heterocycles. The van der Waals surface area contributed by atoms with E-state index in [9.17, 15) is 9.50 Å². The summed E-state index contributed by atoms with van der Waals surface area (Å²) in [4.78, 5) is 8.73. The van der Waals surface area contributed by atoms with Crippen LogP contribution in [0, 0.1) is 5.82 Å². The van der Waals surface area contributed by atoms with Crippen LogP contribution in [0.4, 0.5) is 4.39 Å². The van der Waals surface area contributed by atoms with Crippen LogP contribution >= 0.6 is 0 Å². The minimum atomic E-state index is -0.712. The molecule has 0 radical (unpaired) electrons. The third kappa shape index (κ3) is 3.21. The van der Waals surface area contributed by atoms with Gasteiger partial charge < -0.3 is 14.6 Å². The summed E-state index contributed by atoms with van der Waals surface area (Å²) in [6.45, 7) is 8.48. The zero-order valence-electron chi connectivity index (χ0n) is 14.5. The van der Waals surface area contributed by atoms with Crippen LogP contribution in [0.2, 0.25) is 0 Å². The molecule has 1 N–H and O–H groups in total. The average molecular weight is 334 g/mol. The van der Waals surface area contributed by atoms with Crippen molar-refractivity contribution in [1.29, 1.82) is 0 Å². The molecule has 2 aromatic rings. The Hall–Kier alpha value is -1.79. The van der Waals surface area contributed by atoms with Gasteiger partial charge >= 0.3 is 0 Å². The van der Waals surface area contributed by atoms with Gasteiger partial charge in [0.05, 0.1) is 18.6 Å². The summed E-state index contributed by atoms with van der Waals surface area (Å²) >= 11 is 0. The number of fused-ring (bicyclic) bond motifs is 1. The lowest BCUT2D eigenvalue weighted by Gasteiger charge is -2.21. The van der Waals surface area contributed by atoms with Gasteiger partial charge in [0, 0.05) is 6.42 Å².